The number of likely N-dealkylation sites (tertiary alicyclic amines) is 1. The largest absolute Gasteiger partial charge is 0.355 e. The first kappa shape index (κ1) is 16.7. The molecule has 0 saturated carbocycles. The highest BCUT2D eigenvalue weighted by Crippen LogP contribution is 2.23. The third-order valence-electron chi connectivity index (χ3n) is 4.99. The van der Waals surface area contributed by atoms with Crippen LogP contribution in [-0.2, 0) is 11.3 Å². The van der Waals surface area contributed by atoms with Gasteiger partial charge in [0, 0.05) is 45.2 Å². The van der Waals surface area contributed by atoms with Crippen molar-refractivity contribution in [2.45, 2.75) is 31.8 Å². The van der Waals surface area contributed by atoms with E-state index in [2.05, 4.69) is 25.3 Å². The Kier molecular flexibility index (Phi) is 5.09. The van der Waals surface area contributed by atoms with Gasteiger partial charge in [-0.05, 0) is 24.3 Å². The summed E-state index contributed by atoms with van der Waals surface area (Å²) in [4.78, 5) is 21.9. The maximum absolute atomic E-state index is 11.5. The van der Waals surface area contributed by atoms with Crippen LogP contribution in [0.4, 0.5) is 0 Å². The molecular formula is C17H23N5O2S. The molecule has 2 aromatic rings. The lowest BCUT2D eigenvalue weighted by molar-refractivity contribution is -0.120. The number of thiophene rings is 1. The van der Waals surface area contributed by atoms with Crippen molar-refractivity contribution >= 4 is 17.2 Å². The Labute approximate surface area is 151 Å². The van der Waals surface area contributed by atoms with Crippen LogP contribution in [0.25, 0.3) is 10.7 Å². The van der Waals surface area contributed by atoms with E-state index in [4.69, 9.17) is 4.52 Å². The molecule has 134 valence electrons. The average Bonchev–Trinajstić information content (AvgIpc) is 3.26. The second-order valence-corrected chi connectivity index (χ2v) is 7.58. The molecule has 0 bridgehead atoms. The lowest BCUT2D eigenvalue weighted by Crippen LogP contribution is -2.45. The van der Waals surface area contributed by atoms with Crippen molar-refractivity contribution in [2.24, 2.45) is 0 Å². The number of piperidine rings is 1. The molecule has 2 aliphatic rings. The van der Waals surface area contributed by atoms with Gasteiger partial charge >= 0.3 is 0 Å². The van der Waals surface area contributed by atoms with E-state index in [9.17, 15) is 4.79 Å². The summed E-state index contributed by atoms with van der Waals surface area (Å²) in [7, 11) is 0. The molecule has 0 atom stereocenters. The summed E-state index contributed by atoms with van der Waals surface area (Å²) in [6, 6.07) is 4.58. The van der Waals surface area contributed by atoms with Gasteiger partial charge in [-0.3, -0.25) is 14.6 Å². The molecule has 7 nitrogen and oxygen atoms in total. The summed E-state index contributed by atoms with van der Waals surface area (Å²) in [5, 5.41) is 9.05. The predicted octanol–water partition coefficient (Wildman–Crippen LogP) is 1.58. The third-order valence-corrected chi connectivity index (χ3v) is 5.86. The van der Waals surface area contributed by atoms with Gasteiger partial charge in [0.05, 0.1) is 11.4 Å². The van der Waals surface area contributed by atoms with Crippen LogP contribution in [0.5, 0.6) is 0 Å². The van der Waals surface area contributed by atoms with Gasteiger partial charge in [0.25, 0.3) is 0 Å². The Hall–Kier alpha value is -1.77. The maximum Gasteiger partial charge on any atom is 0.241 e. The van der Waals surface area contributed by atoms with Crippen LogP contribution < -0.4 is 5.32 Å². The summed E-state index contributed by atoms with van der Waals surface area (Å²) < 4.78 is 5.41. The molecule has 0 spiro atoms. The number of carbonyl (C=O) groups excluding carboxylic acids is 1. The van der Waals surface area contributed by atoms with Crippen LogP contribution in [0.3, 0.4) is 0 Å². The summed E-state index contributed by atoms with van der Waals surface area (Å²) in [5.74, 6) is 1.55. The van der Waals surface area contributed by atoms with E-state index < -0.39 is 0 Å². The highest BCUT2D eigenvalue weighted by molar-refractivity contribution is 7.13. The topological polar surface area (TPSA) is 74.5 Å². The van der Waals surface area contributed by atoms with Gasteiger partial charge in [0.1, 0.15) is 0 Å². The lowest BCUT2D eigenvalue weighted by atomic mass is 10.0. The smallest absolute Gasteiger partial charge is 0.241 e. The fraction of sp³-hybridized carbons (Fsp3) is 0.588. The molecule has 0 unspecified atom stereocenters. The molecular weight excluding hydrogens is 338 g/mol. The maximum atomic E-state index is 11.5. The van der Waals surface area contributed by atoms with Gasteiger partial charge in [0.2, 0.25) is 17.6 Å². The van der Waals surface area contributed by atoms with Gasteiger partial charge < -0.3 is 9.84 Å². The molecule has 2 saturated heterocycles. The van der Waals surface area contributed by atoms with E-state index in [0.717, 1.165) is 50.4 Å². The molecule has 1 amide bonds. The number of nitrogens with zero attached hydrogens (tertiary/aromatic N) is 4. The normalized spacial score (nSPS) is 21.2. The molecule has 2 aliphatic heterocycles. The summed E-state index contributed by atoms with van der Waals surface area (Å²) in [6.45, 7) is 5.38. The zero-order valence-electron chi connectivity index (χ0n) is 14.2. The molecule has 1 N–H and O–H groups in total. The molecule has 2 fully saturated rings. The first-order valence-corrected chi connectivity index (χ1v) is 9.75. The van der Waals surface area contributed by atoms with Crippen molar-refractivity contribution in [3.8, 4) is 10.7 Å². The zero-order chi connectivity index (χ0) is 17.1. The molecule has 4 heterocycles. The Morgan fingerprint density at radius 3 is 2.96 bits per heavy atom. The Balaban J connectivity index is 1.28. The molecule has 2 aromatic heterocycles. The van der Waals surface area contributed by atoms with Crippen molar-refractivity contribution in [2.75, 3.05) is 32.7 Å². The van der Waals surface area contributed by atoms with Gasteiger partial charge in [-0.2, -0.15) is 4.98 Å². The van der Waals surface area contributed by atoms with E-state index in [1.54, 1.807) is 11.3 Å². The minimum absolute atomic E-state index is 0.179. The van der Waals surface area contributed by atoms with E-state index in [-0.39, 0.29) is 5.91 Å². The van der Waals surface area contributed by atoms with Gasteiger partial charge in [0.15, 0.2) is 0 Å². The highest BCUT2D eigenvalue weighted by Gasteiger charge is 2.27. The van der Waals surface area contributed by atoms with Crippen LogP contribution in [0, 0.1) is 0 Å². The Morgan fingerprint density at radius 1 is 1.28 bits per heavy atom. The van der Waals surface area contributed by atoms with Crippen molar-refractivity contribution in [1.82, 2.24) is 25.3 Å². The Bertz CT molecular complexity index is 694. The predicted molar refractivity (Wildman–Crippen MR) is 95.1 cm³/mol. The van der Waals surface area contributed by atoms with Gasteiger partial charge in [-0.25, -0.2) is 0 Å². The first-order chi connectivity index (χ1) is 12.3. The molecule has 0 radical (unpaired) electrons. The molecule has 8 heteroatoms. The monoisotopic (exact) mass is 361 g/mol. The summed E-state index contributed by atoms with van der Waals surface area (Å²) in [5.41, 5.74) is 0. The summed E-state index contributed by atoms with van der Waals surface area (Å²) in [6.07, 6.45) is 2.87. The molecule has 4 rings (SSSR count). The Morgan fingerprint density at radius 2 is 2.16 bits per heavy atom. The number of hydrogen-bond acceptors (Lipinski definition) is 7. The van der Waals surface area contributed by atoms with E-state index >= 15 is 0 Å². The average molecular weight is 361 g/mol. The van der Waals surface area contributed by atoms with Crippen LogP contribution in [-0.4, -0.2) is 64.6 Å². The minimum Gasteiger partial charge on any atom is -0.355 e. The second kappa shape index (κ2) is 7.63. The summed E-state index contributed by atoms with van der Waals surface area (Å²) >= 11 is 1.62. The number of hydrogen-bond donors (Lipinski definition) is 1. The van der Waals surface area contributed by atoms with E-state index in [1.165, 1.54) is 0 Å². The SMILES string of the molecule is O=C1CCN(C2CCN(Cc3nc(-c4cccs4)no3)CC2)CCN1. The zero-order valence-corrected chi connectivity index (χ0v) is 15.0. The number of carbonyl (C=O) groups is 1. The van der Waals surface area contributed by atoms with Crippen LogP contribution in [0.1, 0.15) is 25.2 Å². The van der Waals surface area contributed by atoms with Crippen molar-refractivity contribution in [3.05, 3.63) is 23.4 Å². The number of aromatic nitrogens is 2. The van der Waals surface area contributed by atoms with Crippen molar-refractivity contribution in [1.29, 1.82) is 0 Å². The van der Waals surface area contributed by atoms with Gasteiger partial charge in [-0.15, -0.1) is 11.3 Å². The fourth-order valence-electron chi connectivity index (χ4n) is 3.61. The quantitative estimate of drug-likeness (QED) is 0.891. The molecule has 25 heavy (non-hydrogen) atoms. The lowest BCUT2D eigenvalue weighted by Gasteiger charge is -2.37. The first-order valence-electron chi connectivity index (χ1n) is 8.87. The van der Waals surface area contributed by atoms with Crippen LogP contribution in [0.2, 0.25) is 0 Å². The number of nitrogens with one attached hydrogen (secondary N) is 1. The second-order valence-electron chi connectivity index (χ2n) is 6.63. The van der Waals surface area contributed by atoms with Crippen LogP contribution in [0.15, 0.2) is 22.0 Å². The highest BCUT2D eigenvalue weighted by atomic mass is 32.1. The van der Waals surface area contributed by atoms with E-state index in [1.807, 2.05) is 17.5 Å². The fourth-order valence-corrected chi connectivity index (χ4v) is 4.26. The van der Waals surface area contributed by atoms with Gasteiger partial charge in [-0.1, -0.05) is 11.2 Å². The van der Waals surface area contributed by atoms with Crippen molar-refractivity contribution < 1.29 is 9.32 Å². The third kappa shape index (κ3) is 4.08. The number of amides is 1. The van der Waals surface area contributed by atoms with Crippen molar-refractivity contribution in [3.63, 3.8) is 0 Å². The van der Waals surface area contributed by atoms with Crippen LogP contribution >= 0.6 is 11.3 Å². The van der Waals surface area contributed by atoms with E-state index in [0.29, 0.717) is 30.7 Å². The molecule has 0 aliphatic carbocycles. The standard InChI is InChI=1S/C17H23N5O2S/c23-15-5-9-22(10-6-18-15)13-3-7-21(8-4-13)12-16-19-17(20-24-16)14-2-1-11-25-14/h1-2,11,13H,3-10,12H2,(H,18,23). The minimum atomic E-state index is 0.179. The number of rotatable bonds is 4. The molecule has 0 aromatic carbocycles.